The average Bonchev–Trinajstić information content (AvgIpc) is 3.75. The van der Waals surface area contributed by atoms with Gasteiger partial charge in [0.15, 0.2) is 11.5 Å². The van der Waals surface area contributed by atoms with Crippen LogP contribution in [0.1, 0.15) is 28.8 Å². The molecule has 0 radical (unpaired) electrons. The van der Waals surface area contributed by atoms with Gasteiger partial charge in [-0.3, -0.25) is 19.7 Å². The quantitative estimate of drug-likeness (QED) is 0.361. The predicted octanol–water partition coefficient (Wildman–Crippen LogP) is 3.88. The van der Waals surface area contributed by atoms with Gasteiger partial charge in [0.2, 0.25) is 12.7 Å². The van der Waals surface area contributed by atoms with Crippen LogP contribution in [0.2, 0.25) is 0 Å². The maximum Gasteiger partial charge on any atom is 0.324 e. The molecule has 1 aliphatic carbocycles. The maximum atomic E-state index is 14.0. The Balaban J connectivity index is 1.26. The van der Waals surface area contributed by atoms with Crippen LogP contribution >= 0.6 is 0 Å². The molecule has 0 unspecified atom stereocenters. The number of ether oxygens (including phenoxy) is 2. The second-order valence-electron chi connectivity index (χ2n) is 10.2. The first-order valence-electron chi connectivity index (χ1n) is 13.4. The Morgan fingerprint density at radius 3 is 2.27 bits per heavy atom. The third-order valence-electron chi connectivity index (χ3n) is 7.54. The fraction of sp³-hybridized carbons (Fsp3) is 0.300. The zero-order valence-electron chi connectivity index (χ0n) is 21.9. The van der Waals surface area contributed by atoms with Crippen LogP contribution < -0.4 is 19.9 Å². The molecule has 1 saturated carbocycles. The standard InChI is InChI=1S/C30H30N4O6/c35-28(31-38)21-6-4-20(5-7-21)18-34(30(37)33-14-12-32(13-15-33)29(36)22-8-9-22)25-3-1-2-23(16-25)24-10-11-26-27(17-24)40-19-39-26/h1-7,10-11,16-17,22,38H,8-9,12-15,18-19H2,(H,31,35). The van der Waals surface area contributed by atoms with Crippen LogP contribution in [-0.4, -0.2) is 65.8 Å². The molecule has 1 saturated heterocycles. The number of hydroxylamine groups is 1. The fourth-order valence-corrected chi connectivity index (χ4v) is 5.08. The van der Waals surface area contributed by atoms with Crippen molar-refractivity contribution in [2.75, 3.05) is 37.9 Å². The summed E-state index contributed by atoms with van der Waals surface area (Å²) in [5.74, 6) is 1.14. The molecule has 0 aromatic heterocycles. The maximum absolute atomic E-state index is 14.0. The summed E-state index contributed by atoms with van der Waals surface area (Å²) < 4.78 is 11.0. The second kappa shape index (κ2) is 10.9. The predicted molar refractivity (Wildman–Crippen MR) is 146 cm³/mol. The van der Waals surface area contributed by atoms with Gasteiger partial charge in [0, 0.05) is 43.3 Å². The molecule has 2 heterocycles. The lowest BCUT2D eigenvalue weighted by atomic mass is 10.0. The second-order valence-corrected chi connectivity index (χ2v) is 10.2. The van der Waals surface area contributed by atoms with Crippen molar-refractivity contribution in [1.29, 1.82) is 0 Å². The molecule has 10 nitrogen and oxygen atoms in total. The van der Waals surface area contributed by atoms with E-state index >= 15 is 0 Å². The summed E-state index contributed by atoms with van der Waals surface area (Å²) in [6.07, 6.45) is 1.93. The third kappa shape index (κ3) is 5.30. The topological polar surface area (TPSA) is 112 Å². The Kier molecular flexibility index (Phi) is 7.00. The van der Waals surface area contributed by atoms with Crippen molar-refractivity contribution in [2.45, 2.75) is 19.4 Å². The first-order valence-corrected chi connectivity index (χ1v) is 13.4. The molecule has 40 heavy (non-hydrogen) atoms. The Morgan fingerprint density at radius 2 is 1.55 bits per heavy atom. The number of anilines is 1. The van der Waals surface area contributed by atoms with Crippen molar-refractivity contribution in [3.8, 4) is 22.6 Å². The monoisotopic (exact) mass is 542 g/mol. The molecule has 2 fully saturated rings. The summed E-state index contributed by atoms with van der Waals surface area (Å²) in [6, 6.07) is 20.1. The van der Waals surface area contributed by atoms with E-state index in [0.717, 1.165) is 29.5 Å². The zero-order chi connectivity index (χ0) is 27.6. The van der Waals surface area contributed by atoms with Gasteiger partial charge in [-0.15, -0.1) is 0 Å². The normalized spacial score (nSPS) is 16.0. The minimum absolute atomic E-state index is 0.154. The molecule has 3 aromatic rings. The van der Waals surface area contributed by atoms with Gasteiger partial charge in [0.05, 0.1) is 6.54 Å². The largest absolute Gasteiger partial charge is 0.454 e. The fourth-order valence-electron chi connectivity index (χ4n) is 5.08. The van der Waals surface area contributed by atoms with E-state index in [2.05, 4.69) is 0 Å². The van der Waals surface area contributed by atoms with E-state index in [0.29, 0.717) is 48.9 Å². The third-order valence-corrected chi connectivity index (χ3v) is 7.54. The van der Waals surface area contributed by atoms with Gasteiger partial charge >= 0.3 is 6.03 Å². The molecule has 6 rings (SSSR count). The average molecular weight is 543 g/mol. The van der Waals surface area contributed by atoms with Gasteiger partial charge in [0.25, 0.3) is 5.91 Å². The highest BCUT2D eigenvalue weighted by Gasteiger charge is 2.36. The van der Waals surface area contributed by atoms with Crippen molar-refractivity contribution in [3.63, 3.8) is 0 Å². The number of carbonyl (C=O) groups excluding carboxylic acids is 3. The number of nitrogens with one attached hydrogen (secondary N) is 1. The van der Waals surface area contributed by atoms with E-state index in [1.807, 2.05) is 47.4 Å². The smallest absolute Gasteiger partial charge is 0.324 e. The SMILES string of the molecule is O=C(NO)c1ccc(CN(C(=O)N2CCN(C(=O)C3CC3)CC2)c2cccc(-c3ccc4c(c3)OCO4)c2)cc1. The summed E-state index contributed by atoms with van der Waals surface area (Å²) >= 11 is 0. The van der Waals surface area contributed by atoms with E-state index < -0.39 is 5.91 Å². The first-order chi connectivity index (χ1) is 19.5. The van der Waals surface area contributed by atoms with Gasteiger partial charge < -0.3 is 19.3 Å². The van der Waals surface area contributed by atoms with Crippen LogP contribution in [0.4, 0.5) is 10.5 Å². The lowest BCUT2D eigenvalue weighted by Crippen LogP contribution is -2.54. The molecule has 0 spiro atoms. The molecule has 10 heteroatoms. The number of hydrogen-bond acceptors (Lipinski definition) is 6. The molecule has 0 atom stereocenters. The molecule has 4 amide bonds. The van der Waals surface area contributed by atoms with E-state index in [1.54, 1.807) is 39.5 Å². The van der Waals surface area contributed by atoms with Crippen molar-refractivity contribution >= 4 is 23.5 Å². The number of fused-ring (bicyclic) bond motifs is 1. The summed E-state index contributed by atoms with van der Waals surface area (Å²) in [7, 11) is 0. The first kappa shape index (κ1) is 25.7. The van der Waals surface area contributed by atoms with Crippen molar-refractivity contribution in [3.05, 3.63) is 77.9 Å². The highest BCUT2D eigenvalue weighted by atomic mass is 16.7. The van der Waals surface area contributed by atoms with Crippen LogP contribution in [0, 0.1) is 5.92 Å². The summed E-state index contributed by atoms with van der Waals surface area (Å²) in [6.45, 7) is 2.44. The zero-order valence-corrected chi connectivity index (χ0v) is 21.9. The van der Waals surface area contributed by atoms with Crippen LogP contribution in [0.3, 0.4) is 0 Å². The molecule has 2 aliphatic heterocycles. The Labute approximate surface area is 231 Å². The Morgan fingerprint density at radius 1 is 0.850 bits per heavy atom. The number of hydrogen-bond donors (Lipinski definition) is 2. The molecule has 3 aromatic carbocycles. The van der Waals surface area contributed by atoms with Crippen LogP contribution in [-0.2, 0) is 11.3 Å². The molecule has 3 aliphatic rings. The molecular formula is C30H30N4O6. The lowest BCUT2D eigenvalue weighted by molar-refractivity contribution is -0.133. The van der Waals surface area contributed by atoms with Crippen molar-refractivity contribution in [2.24, 2.45) is 5.92 Å². The van der Waals surface area contributed by atoms with E-state index in [4.69, 9.17) is 14.7 Å². The van der Waals surface area contributed by atoms with Gasteiger partial charge in [-0.1, -0.05) is 30.3 Å². The van der Waals surface area contributed by atoms with Crippen molar-refractivity contribution in [1.82, 2.24) is 15.3 Å². The number of carbonyl (C=O) groups is 3. The minimum Gasteiger partial charge on any atom is -0.454 e. The summed E-state index contributed by atoms with van der Waals surface area (Å²) in [5.41, 5.74) is 5.33. The van der Waals surface area contributed by atoms with Gasteiger partial charge in [-0.25, -0.2) is 10.3 Å². The van der Waals surface area contributed by atoms with Gasteiger partial charge in [-0.05, 0) is 65.9 Å². The number of urea groups is 1. The number of benzene rings is 3. The van der Waals surface area contributed by atoms with Crippen LogP contribution in [0.5, 0.6) is 11.5 Å². The molecule has 0 bridgehead atoms. The number of piperazine rings is 1. The van der Waals surface area contributed by atoms with Gasteiger partial charge in [-0.2, -0.15) is 0 Å². The summed E-state index contributed by atoms with van der Waals surface area (Å²) in [4.78, 5) is 43.6. The highest BCUT2D eigenvalue weighted by Crippen LogP contribution is 2.37. The lowest BCUT2D eigenvalue weighted by Gasteiger charge is -2.38. The number of amides is 4. The van der Waals surface area contributed by atoms with Crippen molar-refractivity contribution < 1.29 is 29.1 Å². The Bertz CT molecular complexity index is 1430. The molecule has 206 valence electrons. The Hall–Kier alpha value is -4.57. The van der Waals surface area contributed by atoms with E-state index in [9.17, 15) is 14.4 Å². The number of nitrogens with zero attached hydrogens (tertiary/aromatic N) is 3. The summed E-state index contributed by atoms with van der Waals surface area (Å²) in [5, 5.41) is 8.93. The van der Waals surface area contributed by atoms with Gasteiger partial charge in [0.1, 0.15) is 0 Å². The van der Waals surface area contributed by atoms with Crippen LogP contribution in [0.15, 0.2) is 66.7 Å². The number of rotatable bonds is 6. The molecule has 2 N–H and O–H groups in total. The highest BCUT2D eigenvalue weighted by molar-refractivity contribution is 5.94. The van der Waals surface area contributed by atoms with E-state index in [1.165, 1.54) is 0 Å². The minimum atomic E-state index is -0.602. The van der Waals surface area contributed by atoms with Crippen LogP contribution in [0.25, 0.3) is 11.1 Å². The molecular weight excluding hydrogens is 512 g/mol. The van der Waals surface area contributed by atoms with E-state index in [-0.39, 0.29) is 31.2 Å².